The number of methoxy groups -OCH3 is 1. The Hall–Kier alpha value is -3.45. The van der Waals surface area contributed by atoms with Gasteiger partial charge in [-0.3, -0.25) is 0 Å². The number of carbonyl (C=O) groups excluding carboxylic acids is 2. The Labute approximate surface area is 162 Å². The number of amides is 2. The summed E-state index contributed by atoms with van der Waals surface area (Å²) in [5.41, 5.74) is 0.948. The van der Waals surface area contributed by atoms with Gasteiger partial charge in [0.15, 0.2) is 0 Å². The zero-order valence-corrected chi connectivity index (χ0v) is 16.3. The normalized spacial score (nSPS) is 10.6. The molecule has 0 bridgehead atoms. The van der Waals surface area contributed by atoms with Crippen molar-refractivity contribution in [3.8, 4) is 12.3 Å². The van der Waals surface area contributed by atoms with Gasteiger partial charge >= 0.3 is 12.0 Å². The van der Waals surface area contributed by atoms with Crippen LogP contribution in [-0.4, -0.2) is 44.0 Å². The van der Waals surface area contributed by atoms with Gasteiger partial charge in [-0.15, -0.1) is 6.42 Å². The molecule has 0 aliphatic rings. The molecular weight excluding hydrogens is 384 g/mol. The van der Waals surface area contributed by atoms with E-state index in [-0.39, 0.29) is 18.1 Å². The quantitative estimate of drug-likeness (QED) is 0.593. The van der Waals surface area contributed by atoms with Crippen LogP contribution in [0.2, 0.25) is 0 Å². The Morgan fingerprint density at radius 3 is 2.39 bits per heavy atom. The summed E-state index contributed by atoms with van der Waals surface area (Å²) in [6, 6.07) is 5.98. The summed E-state index contributed by atoms with van der Waals surface area (Å²) >= 11 is 0. The van der Waals surface area contributed by atoms with E-state index in [1.807, 2.05) is 4.72 Å². The van der Waals surface area contributed by atoms with Crippen LogP contribution in [0.15, 0.2) is 35.2 Å². The molecule has 28 heavy (non-hydrogen) atoms. The molecule has 0 aliphatic carbocycles. The fourth-order valence-electron chi connectivity index (χ4n) is 2.36. The lowest BCUT2D eigenvalue weighted by Gasteiger charge is -2.20. The van der Waals surface area contributed by atoms with Crippen molar-refractivity contribution in [1.82, 2.24) is 14.7 Å². The molecule has 0 radical (unpaired) electrons. The Bertz CT molecular complexity index is 1040. The Balaban J connectivity index is 2.41. The van der Waals surface area contributed by atoms with Crippen molar-refractivity contribution < 1.29 is 22.7 Å². The van der Waals surface area contributed by atoms with Crippen molar-refractivity contribution >= 4 is 28.0 Å². The SMILES string of the molecule is C#CCN(C(=O)NS(=O)(=O)c1ccccc1C(=O)OC)c1nc(C)cc(C)n1. The Kier molecular flexibility index (Phi) is 6.33. The fraction of sp³-hybridized carbons (Fsp3) is 0.222. The van der Waals surface area contributed by atoms with Crippen LogP contribution in [0.25, 0.3) is 0 Å². The van der Waals surface area contributed by atoms with Gasteiger partial charge in [0, 0.05) is 11.4 Å². The summed E-state index contributed by atoms with van der Waals surface area (Å²) in [6.45, 7) is 3.14. The first-order chi connectivity index (χ1) is 13.2. The highest BCUT2D eigenvalue weighted by Crippen LogP contribution is 2.17. The molecule has 10 heteroatoms. The number of urea groups is 1. The molecule has 0 aliphatic heterocycles. The van der Waals surface area contributed by atoms with Crippen LogP contribution < -0.4 is 9.62 Å². The number of terminal acetylenes is 1. The molecule has 0 unspecified atom stereocenters. The number of sulfonamides is 1. The lowest BCUT2D eigenvalue weighted by Crippen LogP contribution is -2.44. The second kappa shape index (κ2) is 8.49. The van der Waals surface area contributed by atoms with Gasteiger partial charge in [0.05, 0.1) is 19.2 Å². The number of hydrogen-bond acceptors (Lipinski definition) is 7. The monoisotopic (exact) mass is 402 g/mol. The minimum atomic E-state index is -4.40. The first-order valence-corrected chi connectivity index (χ1v) is 9.45. The molecule has 0 saturated heterocycles. The number of anilines is 1. The van der Waals surface area contributed by atoms with Crippen LogP contribution >= 0.6 is 0 Å². The second-order valence-corrected chi connectivity index (χ2v) is 7.29. The third-order valence-electron chi connectivity index (χ3n) is 3.51. The average Bonchev–Trinajstić information content (AvgIpc) is 2.64. The molecule has 9 nitrogen and oxygen atoms in total. The minimum Gasteiger partial charge on any atom is -0.465 e. The van der Waals surface area contributed by atoms with E-state index in [0.717, 1.165) is 12.0 Å². The minimum absolute atomic E-state index is 0.0376. The highest BCUT2D eigenvalue weighted by molar-refractivity contribution is 7.90. The van der Waals surface area contributed by atoms with Crippen molar-refractivity contribution in [3.05, 3.63) is 47.3 Å². The molecule has 1 heterocycles. The summed E-state index contributed by atoms with van der Waals surface area (Å²) in [4.78, 5) is 33.2. The number of benzene rings is 1. The van der Waals surface area contributed by atoms with E-state index in [0.29, 0.717) is 11.4 Å². The first-order valence-electron chi connectivity index (χ1n) is 7.97. The molecule has 2 aromatic rings. The van der Waals surface area contributed by atoms with E-state index in [1.165, 1.54) is 24.3 Å². The number of nitrogens with zero attached hydrogens (tertiary/aromatic N) is 3. The van der Waals surface area contributed by atoms with Crippen LogP contribution in [0.1, 0.15) is 21.7 Å². The number of nitrogens with one attached hydrogen (secondary N) is 1. The second-order valence-electron chi connectivity index (χ2n) is 5.64. The average molecular weight is 402 g/mol. The molecule has 1 N–H and O–H groups in total. The summed E-state index contributed by atoms with van der Waals surface area (Å²) in [5.74, 6) is 1.37. The van der Waals surface area contributed by atoms with Gasteiger partial charge in [-0.2, -0.15) is 0 Å². The molecule has 1 aromatic carbocycles. The molecular formula is C18H18N4O5S. The van der Waals surface area contributed by atoms with E-state index >= 15 is 0 Å². The van der Waals surface area contributed by atoms with Crippen molar-refractivity contribution in [3.63, 3.8) is 0 Å². The Morgan fingerprint density at radius 1 is 1.21 bits per heavy atom. The maximum absolute atomic E-state index is 12.7. The fourth-order valence-corrected chi connectivity index (χ4v) is 3.51. The molecule has 146 valence electrons. The zero-order valence-electron chi connectivity index (χ0n) is 15.5. The molecule has 0 atom stereocenters. The summed E-state index contributed by atoms with van der Waals surface area (Å²) in [5, 5.41) is 0. The van der Waals surface area contributed by atoms with Crippen LogP contribution in [0, 0.1) is 26.2 Å². The topological polar surface area (TPSA) is 119 Å². The molecule has 2 rings (SSSR count). The van der Waals surface area contributed by atoms with E-state index in [4.69, 9.17) is 6.42 Å². The Morgan fingerprint density at radius 2 is 1.82 bits per heavy atom. The van der Waals surface area contributed by atoms with Crippen molar-refractivity contribution in [2.24, 2.45) is 0 Å². The number of carbonyl (C=O) groups is 2. The third kappa shape index (κ3) is 4.63. The predicted octanol–water partition coefficient (Wildman–Crippen LogP) is 1.42. The molecule has 0 fully saturated rings. The van der Waals surface area contributed by atoms with E-state index in [2.05, 4.69) is 20.6 Å². The van der Waals surface area contributed by atoms with E-state index in [9.17, 15) is 18.0 Å². The maximum Gasteiger partial charge on any atom is 0.339 e. The number of aryl methyl sites for hydroxylation is 2. The van der Waals surface area contributed by atoms with Gasteiger partial charge in [-0.25, -0.2) is 37.6 Å². The lowest BCUT2D eigenvalue weighted by molar-refractivity contribution is 0.0596. The van der Waals surface area contributed by atoms with Gasteiger partial charge in [-0.1, -0.05) is 18.1 Å². The zero-order chi connectivity index (χ0) is 20.9. The molecule has 0 spiro atoms. The standard InChI is InChI=1S/C18H18N4O5S/c1-5-10-22(17-19-12(2)11-13(3)20-17)18(24)21-28(25,26)15-9-7-6-8-14(15)16(23)27-4/h1,6-9,11H,10H2,2-4H3,(H,21,24). The van der Waals surface area contributed by atoms with Crippen LogP contribution in [0.5, 0.6) is 0 Å². The van der Waals surface area contributed by atoms with Crippen molar-refractivity contribution in [2.45, 2.75) is 18.7 Å². The van der Waals surface area contributed by atoms with E-state index < -0.39 is 26.9 Å². The number of esters is 1. The van der Waals surface area contributed by atoms with Gasteiger partial charge in [0.1, 0.15) is 4.90 Å². The van der Waals surface area contributed by atoms with Crippen LogP contribution in [-0.2, 0) is 14.8 Å². The maximum atomic E-state index is 12.7. The molecule has 2 amide bonds. The third-order valence-corrected chi connectivity index (χ3v) is 4.89. The van der Waals surface area contributed by atoms with Crippen LogP contribution in [0.4, 0.5) is 10.7 Å². The summed E-state index contributed by atoms with van der Waals surface area (Å²) in [6.07, 6.45) is 5.30. The van der Waals surface area contributed by atoms with Crippen LogP contribution in [0.3, 0.4) is 0 Å². The summed E-state index contributed by atoms with van der Waals surface area (Å²) < 4.78 is 31.9. The highest BCUT2D eigenvalue weighted by atomic mass is 32.2. The van der Waals surface area contributed by atoms with E-state index in [1.54, 1.807) is 19.9 Å². The van der Waals surface area contributed by atoms with Gasteiger partial charge in [-0.05, 0) is 32.0 Å². The van der Waals surface area contributed by atoms with Crippen molar-refractivity contribution in [1.29, 1.82) is 0 Å². The number of rotatable bonds is 5. The van der Waals surface area contributed by atoms with Gasteiger partial charge in [0.2, 0.25) is 5.95 Å². The number of hydrogen-bond donors (Lipinski definition) is 1. The van der Waals surface area contributed by atoms with Crippen molar-refractivity contribution in [2.75, 3.05) is 18.6 Å². The molecule has 1 aromatic heterocycles. The predicted molar refractivity (Wildman–Crippen MR) is 101 cm³/mol. The molecule has 0 saturated carbocycles. The number of ether oxygens (including phenoxy) is 1. The summed E-state index contributed by atoms with van der Waals surface area (Å²) in [7, 11) is -3.28. The first kappa shape index (κ1) is 20.9. The van der Waals surface area contributed by atoms with Gasteiger partial charge in [0.25, 0.3) is 10.0 Å². The van der Waals surface area contributed by atoms with Gasteiger partial charge < -0.3 is 4.74 Å². The number of aromatic nitrogens is 2. The smallest absolute Gasteiger partial charge is 0.339 e. The highest BCUT2D eigenvalue weighted by Gasteiger charge is 2.28. The lowest BCUT2D eigenvalue weighted by atomic mass is 10.2. The largest absolute Gasteiger partial charge is 0.465 e.